The van der Waals surface area contributed by atoms with Crippen LogP contribution in [0.5, 0.6) is 0 Å². The van der Waals surface area contributed by atoms with Gasteiger partial charge in [0, 0.05) is 24.2 Å². The van der Waals surface area contributed by atoms with Gasteiger partial charge in [-0.1, -0.05) is 31.0 Å². The van der Waals surface area contributed by atoms with E-state index in [-0.39, 0.29) is 0 Å². The first kappa shape index (κ1) is 12.3. The lowest BCUT2D eigenvalue weighted by atomic mass is 9.95. The first-order valence-corrected chi connectivity index (χ1v) is 7.84. The fourth-order valence-electron chi connectivity index (χ4n) is 3.83. The van der Waals surface area contributed by atoms with E-state index in [9.17, 15) is 0 Å². The van der Waals surface area contributed by atoms with Crippen molar-refractivity contribution in [1.82, 2.24) is 0 Å². The molecule has 1 aliphatic carbocycles. The number of para-hydroxylation sites is 1. The average molecular weight is 264 g/mol. The zero-order valence-corrected chi connectivity index (χ0v) is 11.7. The number of anilines is 1. The third kappa shape index (κ3) is 2.25. The molecule has 0 amide bonds. The highest BCUT2D eigenvalue weighted by atomic mass is 35.5. The van der Waals surface area contributed by atoms with Crippen LogP contribution in [0, 0.1) is 5.92 Å². The number of alkyl halides is 1. The highest BCUT2D eigenvalue weighted by Gasteiger charge is 2.33. The van der Waals surface area contributed by atoms with Gasteiger partial charge in [-0.05, 0) is 43.2 Å². The number of rotatable bonds is 3. The maximum absolute atomic E-state index is 6.09. The molecule has 0 spiro atoms. The summed E-state index contributed by atoms with van der Waals surface area (Å²) in [6.45, 7) is 1.22. The Morgan fingerprint density at radius 2 is 1.83 bits per heavy atom. The monoisotopic (exact) mass is 263 g/mol. The number of halogens is 1. The summed E-state index contributed by atoms with van der Waals surface area (Å²) in [5, 5.41) is 0. The van der Waals surface area contributed by atoms with Gasteiger partial charge in [0.05, 0.1) is 0 Å². The van der Waals surface area contributed by atoms with Gasteiger partial charge in [0.15, 0.2) is 0 Å². The van der Waals surface area contributed by atoms with Gasteiger partial charge in [0.2, 0.25) is 0 Å². The molecule has 1 aromatic rings. The van der Waals surface area contributed by atoms with Gasteiger partial charge in [-0.2, -0.15) is 0 Å². The lowest BCUT2D eigenvalue weighted by Crippen LogP contribution is -2.35. The van der Waals surface area contributed by atoms with E-state index in [1.54, 1.807) is 0 Å². The van der Waals surface area contributed by atoms with Crippen LogP contribution in [0.25, 0.3) is 0 Å². The van der Waals surface area contributed by atoms with Gasteiger partial charge in [0.1, 0.15) is 0 Å². The van der Waals surface area contributed by atoms with E-state index in [4.69, 9.17) is 11.6 Å². The van der Waals surface area contributed by atoms with Crippen LogP contribution in [-0.2, 0) is 5.88 Å². The number of benzene rings is 1. The second-order valence-corrected chi connectivity index (χ2v) is 5.98. The maximum atomic E-state index is 6.09. The molecular formula is C16H22ClN. The van der Waals surface area contributed by atoms with Crippen LogP contribution >= 0.6 is 11.6 Å². The van der Waals surface area contributed by atoms with Crippen molar-refractivity contribution in [2.75, 3.05) is 11.4 Å². The van der Waals surface area contributed by atoms with Crippen molar-refractivity contribution in [3.05, 3.63) is 29.8 Å². The molecule has 18 heavy (non-hydrogen) atoms. The number of nitrogens with zero attached hydrogens (tertiary/aromatic N) is 1. The molecule has 1 saturated heterocycles. The lowest BCUT2D eigenvalue weighted by Gasteiger charge is -2.32. The maximum Gasteiger partial charge on any atom is 0.0494 e. The Morgan fingerprint density at radius 3 is 2.61 bits per heavy atom. The topological polar surface area (TPSA) is 3.24 Å². The van der Waals surface area contributed by atoms with Crippen molar-refractivity contribution in [3.63, 3.8) is 0 Å². The standard InChI is InChI=1S/C16H22ClN/c17-12-14-8-3-4-9-16(14)18-11-5-10-15(18)13-6-1-2-7-13/h3-4,8-9,13,15H,1-2,5-7,10-12H2. The summed E-state index contributed by atoms with van der Waals surface area (Å²) in [5.41, 5.74) is 2.69. The molecule has 1 unspecified atom stereocenters. The molecule has 98 valence electrons. The Hall–Kier alpha value is -0.690. The summed E-state index contributed by atoms with van der Waals surface area (Å²) in [5.74, 6) is 1.56. The SMILES string of the molecule is ClCc1ccccc1N1CCCC1C1CCCC1. The molecule has 2 fully saturated rings. The van der Waals surface area contributed by atoms with E-state index in [2.05, 4.69) is 29.2 Å². The first-order valence-electron chi connectivity index (χ1n) is 7.30. The third-order valence-electron chi connectivity index (χ3n) is 4.69. The summed E-state index contributed by atoms with van der Waals surface area (Å²) in [6, 6.07) is 9.45. The number of hydrogen-bond acceptors (Lipinski definition) is 1. The largest absolute Gasteiger partial charge is 0.368 e. The van der Waals surface area contributed by atoms with Crippen LogP contribution in [0.2, 0.25) is 0 Å². The molecule has 2 heteroatoms. The van der Waals surface area contributed by atoms with Gasteiger partial charge in [0.25, 0.3) is 0 Å². The Bertz CT molecular complexity index is 398. The Morgan fingerprint density at radius 1 is 1.06 bits per heavy atom. The molecule has 3 rings (SSSR count). The van der Waals surface area contributed by atoms with Gasteiger partial charge in [-0.15, -0.1) is 11.6 Å². The van der Waals surface area contributed by atoms with Gasteiger partial charge in [-0.25, -0.2) is 0 Å². The highest BCUT2D eigenvalue weighted by Crippen LogP contribution is 2.38. The Kier molecular flexibility index (Phi) is 3.79. The summed E-state index contributed by atoms with van der Waals surface area (Å²) in [7, 11) is 0. The predicted molar refractivity (Wildman–Crippen MR) is 78.3 cm³/mol. The lowest BCUT2D eigenvalue weighted by molar-refractivity contribution is 0.430. The molecule has 0 bridgehead atoms. The van der Waals surface area contributed by atoms with E-state index in [0.717, 1.165) is 12.0 Å². The van der Waals surface area contributed by atoms with Crippen molar-refractivity contribution in [2.45, 2.75) is 50.4 Å². The van der Waals surface area contributed by atoms with Gasteiger partial charge >= 0.3 is 0 Å². The Balaban J connectivity index is 1.85. The molecular weight excluding hydrogens is 242 g/mol. The quantitative estimate of drug-likeness (QED) is 0.722. The van der Waals surface area contributed by atoms with Crippen molar-refractivity contribution in [2.24, 2.45) is 5.92 Å². The Labute approximate surface area is 115 Å². The fraction of sp³-hybridized carbons (Fsp3) is 0.625. The zero-order valence-electron chi connectivity index (χ0n) is 10.9. The normalized spacial score (nSPS) is 24.9. The molecule has 1 aliphatic heterocycles. The van der Waals surface area contributed by atoms with E-state index >= 15 is 0 Å². The minimum atomic E-state index is 0.629. The molecule has 1 heterocycles. The average Bonchev–Trinajstić information content (AvgIpc) is 3.09. The molecule has 1 saturated carbocycles. The highest BCUT2D eigenvalue weighted by molar-refractivity contribution is 6.17. The van der Waals surface area contributed by atoms with Crippen LogP contribution in [-0.4, -0.2) is 12.6 Å². The third-order valence-corrected chi connectivity index (χ3v) is 4.98. The van der Waals surface area contributed by atoms with Gasteiger partial charge in [-0.3, -0.25) is 0 Å². The van der Waals surface area contributed by atoms with Crippen LogP contribution in [0.3, 0.4) is 0 Å². The summed E-state index contributed by atoms with van der Waals surface area (Å²) >= 11 is 6.09. The predicted octanol–water partition coefficient (Wildman–Crippen LogP) is 4.58. The molecule has 0 N–H and O–H groups in total. The summed E-state index contributed by atoms with van der Waals surface area (Å²) in [4.78, 5) is 2.65. The second-order valence-electron chi connectivity index (χ2n) is 5.71. The second kappa shape index (κ2) is 5.52. The molecule has 1 atom stereocenters. The van der Waals surface area contributed by atoms with E-state index in [0.29, 0.717) is 5.88 Å². The minimum Gasteiger partial charge on any atom is -0.368 e. The van der Waals surface area contributed by atoms with Crippen molar-refractivity contribution in [1.29, 1.82) is 0 Å². The van der Waals surface area contributed by atoms with Crippen molar-refractivity contribution >= 4 is 17.3 Å². The fourth-order valence-corrected chi connectivity index (χ4v) is 4.05. The van der Waals surface area contributed by atoms with Gasteiger partial charge < -0.3 is 4.90 Å². The molecule has 1 aromatic carbocycles. The molecule has 0 radical (unpaired) electrons. The van der Waals surface area contributed by atoms with Crippen LogP contribution < -0.4 is 4.90 Å². The van der Waals surface area contributed by atoms with Crippen LogP contribution in [0.1, 0.15) is 44.1 Å². The molecule has 0 aromatic heterocycles. The van der Waals surface area contributed by atoms with Crippen LogP contribution in [0.15, 0.2) is 24.3 Å². The summed E-state index contributed by atoms with van der Waals surface area (Å²) < 4.78 is 0. The molecule has 2 aliphatic rings. The smallest absolute Gasteiger partial charge is 0.0494 e. The summed E-state index contributed by atoms with van der Waals surface area (Å²) in [6.07, 6.45) is 8.46. The van der Waals surface area contributed by atoms with Crippen molar-refractivity contribution < 1.29 is 0 Å². The van der Waals surface area contributed by atoms with E-state index in [1.165, 1.54) is 56.3 Å². The van der Waals surface area contributed by atoms with Crippen molar-refractivity contribution in [3.8, 4) is 0 Å². The van der Waals surface area contributed by atoms with Crippen LogP contribution in [0.4, 0.5) is 5.69 Å². The van der Waals surface area contributed by atoms with E-state index in [1.807, 2.05) is 0 Å². The van der Waals surface area contributed by atoms with E-state index < -0.39 is 0 Å². The zero-order chi connectivity index (χ0) is 12.4. The number of hydrogen-bond donors (Lipinski definition) is 0. The molecule has 1 nitrogen and oxygen atoms in total. The first-order chi connectivity index (χ1) is 8.90. The minimum absolute atomic E-state index is 0.629.